The van der Waals surface area contributed by atoms with Gasteiger partial charge in [-0.3, -0.25) is 14.4 Å². The third-order valence-corrected chi connectivity index (χ3v) is 3.20. The number of ether oxygens (including phenoxy) is 1. The number of carbonyl (C=O) groups excluding carboxylic acids is 4. The summed E-state index contributed by atoms with van der Waals surface area (Å²) in [5, 5.41) is 10.4. The molecule has 0 radical (unpaired) electrons. The molecule has 0 saturated heterocycles. The van der Waals surface area contributed by atoms with Crippen molar-refractivity contribution in [3.8, 4) is 0 Å². The number of alkyl carbamates (subject to hydrolysis) is 1. The van der Waals surface area contributed by atoms with E-state index in [2.05, 4.69) is 21.3 Å². The minimum absolute atomic E-state index is 0.103. The lowest BCUT2D eigenvalue weighted by atomic mass is 10.2. The van der Waals surface area contributed by atoms with E-state index in [1.165, 1.54) is 6.92 Å². The fourth-order valence-corrected chi connectivity index (χ4v) is 2.10. The molecule has 0 aromatic heterocycles. The molecular formula is C19H28N4O5. The Morgan fingerprint density at radius 2 is 1.64 bits per heavy atom. The van der Waals surface area contributed by atoms with Crippen LogP contribution in [0.3, 0.4) is 0 Å². The summed E-state index contributed by atoms with van der Waals surface area (Å²) in [6.07, 6.45) is -0.472. The van der Waals surface area contributed by atoms with E-state index in [-0.39, 0.29) is 43.8 Å². The standard InChI is InChI=1S/C19H28N4O5/c1-13(24)23-15-7-5-6-14(12-15)17(26)21-11-10-20-16(25)8-9-22-18(27)28-19(2,3)4/h5-7,12H,8-11H2,1-4H3,(H,20,25)(H,21,26)(H,22,27)(H,23,24). The van der Waals surface area contributed by atoms with E-state index in [0.717, 1.165) is 0 Å². The molecule has 0 aliphatic heterocycles. The predicted octanol–water partition coefficient (Wildman–Crippen LogP) is 1.41. The molecule has 0 aliphatic carbocycles. The van der Waals surface area contributed by atoms with Crippen LogP contribution in [0.1, 0.15) is 44.5 Å². The van der Waals surface area contributed by atoms with Crippen LogP contribution in [0.2, 0.25) is 0 Å². The van der Waals surface area contributed by atoms with Crippen molar-refractivity contribution in [3.63, 3.8) is 0 Å². The maximum atomic E-state index is 12.1. The molecular weight excluding hydrogens is 364 g/mol. The average molecular weight is 392 g/mol. The third kappa shape index (κ3) is 10.1. The Bertz CT molecular complexity index is 713. The van der Waals surface area contributed by atoms with Gasteiger partial charge in [0.1, 0.15) is 5.60 Å². The van der Waals surface area contributed by atoms with E-state index in [4.69, 9.17) is 4.74 Å². The maximum Gasteiger partial charge on any atom is 0.407 e. The zero-order valence-electron chi connectivity index (χ0n) is 16.7. The highest BCUT2D eigenvalue weighted by Crippen LogP contribution is 2.10. The second-order valence-corrected chi connectivity index (χ2v) is 7.05. The molecule has 9 heteroatoms. The predicted molar refractivity (Wildman–Crippen MR) is 105 cm³/mol. The molecule has 0 fully saturated rings. The Kier molecular flexibility index (Phi) is 8.94. The van der Waals surface area contributed by atoms with Crippen molar-refractivity contribution in [1.82, 2.24) is 16.0 Å². The minimum atomic E-state index is -0.591. The van der Waals surface area contributed by atoms with Gasteiger partial charge in [0.25, 0.3) is 5.91 Å². The number of rotatable bonds is 8. The van der Waals surface area contributed by atoms with E-state index in [9.17, 15) is 19.2 Å². The number of nitrogens with one attached hydrogen (secondary N) is 4. The van der Waals surface area contributed by atoms with Crippen LogP contribution in [0.25, 0.3) is 0 Å². The highest BCUT2D eigenvalue weighted by atomic mass is 16.6. The van der Waals surface area contributed by atoms with Crippen LogP contribution in [0, 0.1) is 0 Å². The van der Waals surface area contributed by atoms with Crippen molar-refractivity contribution in [1.29, 1.82) is 0 Å². The van der Waals surface area contributed by atoms with Crippen molar-refractivity contribution in [2.45, 2.75) is 39.7 Å². The fraction of sp³-hybridized carbons (Fsp3) is 0.474. The highest BCUT2D eigenvalue weighted by Gasteiger charge is 2.15. The lowest BCUT2D eigenvalue weighted by Crippen LogP contribution is -2.37. The summed E-state index contributed by atoms with van der Waals surface area (Å²) in [5.74, 6) is -0.785. The van der Waals surface area contributed by atoms with Crippen LogP contribution in [0.15, 0.2) is 24.3 Å². The van der Waals surface area contributed by atoms with E-state index in [1.54, 1.807) is 45.0 Å². The van der Waals surface area contributed by atoms with Crippen molar-refractivity contribution in [2.24, 2.45) is 0 Å². The van der Waals surface area contributed by atoms with Crippen LogP contribution in [0.5, 0.6) is 0 Å². The number of hydrogen-bond acceptors (Lipinski definition) is 5. The van der Waals surface area contributed by atoms with Gasteiger partial charge in [-0.15, -0.1) is 0 Å². The lowest BCUT2D eigenvalue weighted by Gasteiger charge is -2.19. The first-order chi connectivity index (χ1) is 13.1. The summed E-state index contributed by atoms with van der Waals surface area (Å²) in [5.41, 5.74) is 0.344. The molecule has 1 rings (SSSR count). The Balaban J connectivity index is 2.24. The van der Waals surface area contributed by atoms with Crippen LogP contribution in [-0.2, 0) is 14.3 Å². The van der Waals surface area contributed by atoms with Gasteiger partial charge in [0, 0.05) is 44.2 Å². The summed E-state index contributed by atoms with van der Waals surface area (Å²) >= 11 is 0. The van der Waals surface area contributed by atoms with Crippen molar-refractivity contribution >= 4 is 29.5 Å². The van der Waals surface area contributed by atoms with E-state index in [1.807, 2.05) is 0 Å². The number of carbonyl (C=O) groups is 4. The molecule has 0 spiro atoms. The number of amides is 4. The van der Waals surface area contributed by atoms with Crippen LogP contribution in [-0.4, -0.2) is 49.1 Å². The summed E-state index contributed by atoms with van der Waals surface area (Å²) < 4.78 is 5.06. The van der Waals surface area contributed by atoms with Crippen LogP contribution < -0.4 is 21.3 Å². The van der Waals surface area contributed by atoms with Gasteiger partial charge < -0.3 is 26.0 Å². The third-order valence-electron chi connectivity index (χ3n) is 3.20. The van der Waals surface area contributed by atoms with E-state index < -0.39 is 11.7 Å². The van der Waals surface area contributed by atoms with Gasteiger partial charge >= 0.3 is 6.09 Å². The topological polar surface area (TPSA) is 126 Å². The minimum Gasteiger partial charge on any atom is -0.444 e. The first-order valence-electron chi connectivity index (χ1n) is 8.96. The summed E-state index contributed by atoms with van der Waals surface area (Å²) in [4.78, 5) is 46.3. The fourth-order valence-electron chi connectivity index (χ4n) is 2.10. The summed E-state index contributed by atoms with van der Waals surface area (Å²) in [7, 11) is 0. The smallest absolute Gasteiger partial charge is 0.407 e. The van der Waals surface area contributed by atoms with Gasteiger partial charge in [-0.1, -0.05) is 6.07 Å². The molecule has 154 valence electrons. The van der Waals surface area contributed by atoms with Crippen LogP contribution in [0.4, 0.5) is 10.5 Å². The normalized spacial score (nSPS) is 10.6. The molecule has 28 heavy (non-hydrogen) atoms. The summed E-state index contributed by atoms with van der Waals surface area (Å²) in [6.45, 7) is 7.30. The summed E-state index contributed by atoms with van der Waals surface area (Å²) in [6, 6.07) is 6.54. The molecule has 1 aromatic carbocycles. The number of hydrogen-bond donors (Lipinski definition) is 4. The van der Waals surface area contributed by atoms with Crippen molar-refractivity contribution < 1.29 is 23.9 Å². The molecule has 0 aliphatic rings. The SMILES string of the molecule is CC(=O)Nc1cccc(C(=O)NCCNC(=O)CCNC(=O)OC(C)(C)C)c1. The Morgan fingerprint density at radius 1 is 0.964 bits per heavy atom. The monoisotopic (exact) mass is 392 g/mol. The molecule has 4 amide bonds. The zero-order valence-corrected chi connectivity index (χ0v) is 16.7. The molecule has 9 nitrogen and oxygen atoms in total. The van der Waals surface area contributed by atoms with E-state index in [0.29, 0.717) is 11.3 Å². The van der Waals surface area contributed by atoms with Gasteiger partial charge in [-0.25, -0.2) is 4.79 Å². The molecule has 0 bridgehead atoms. The van der Waals surface area contributed by atoms with Gasteiger partial charge in [0.15, 0.2) is 0 Å². The number of benzene rings is 1. The molecule has 0 unspecified atom stereocenters. The van der Waals surface area contributed by atoms with Crippen LogP contribution >= 0.6 is 0 Å². The number of anilines is 1. The Morgan fingerprint density at radius 3 is 2.29 bits per heavy atom. The van der Waals surface area contributed by atoms with Gasteiger partial charge in [-0.05, 0) is 39.0 Å². The first kappa shape index (κ1) is 22.9. The maximum absolute atomic E-state index is 12.1. The molecule has 0 atom stereocenters. The quantitative estimate of drug-likeness (QED) is 0.498. The zero-order chi connectivity index (χ0) is 21.2. The van der Waals surface area contributed by atoms with Crippen molar-refractivity contribution in [2.75, 3.05) is 25.0 Å². The molecule has 0 saturated carbocycles. The van der Waals surface area contributed by atoms with E-state index >= 15 is 0 Å². The first-order valence-corrected chi connectivity index (χ1v) is 8.96. The second kappa shape index (κ2) is 10.9. The molecule has 1 aromatic rings. The van der Waals surface area contributed by atoms with Crippen molar-refractivity contribution in [3.05, 3.63) is 29.8 Å². The highest BCUT2D eigenvalue weighted by molar-refractivity contribution is 5.96. The Hall–Kier alpha value is -3.10. The Labute approximate surface area is 164 Å². The molecule has 4 N–H and O–H groups in total. The van der Waals surface area contributed by atoms with Gasteiger partial charge in [0.2, 0.25) is 11.8 Å². The molecule has 0 heterocycles. The second-order valence-electron chi connectivity index (χ2n) is 7.05. The average Bonchev–Trinajstić information content (AvgIpc) is 2.56. The van der Waals surface area contributed by atoms with Gasteiger partial charge in [0.05, 0.1) is 0 Å². The van der Waals surface area contributed by atoms with Gasteiger partial charge in [-0.2, -0.15) is 0 Å². The largest absolute Gasteiger partial charge is 0.444 e. The lowest BCUT2D eigenvalue weighted by molar-refractivity contribution is -0.121.